The molecule has 1 aromatic heterocycles. The van der Waals surface area contributed by atoms with E-state index in [2.05, 4.69) is 74.6 Å². The molecule has 5 nitrogen and oxygen atoms in total. The lowest BCUT2D eigenvalue weighted by atomic mass is 9.60. The van der Waals surface area contributed by atoms with E-state index < -0.39 is 5.54 Å². The number of hydrogen-bond acceptors (Lipinski definition) is 4. The standard InChI is InChI=1S/C30H36ClN3O2/c1-17-10-9-13-23(20(17)4)24-14-18(2)26(28-27(24)33-36-34-28)25-16-22(31)15-19(3)30(25,5)32-29(35)21-11-7-6-8-12-21/h6-9,11-14,16-20,23,25-26H,10,15H2,1-5H3,(H,32,35). The number of carbonyl (C=O) groups is 1. The molecule has 5 rings (SSSR count). The van der Waals surface area contributed by atoms with Gasteiger partial charge >= 0.3 is 0 Å². The third-order valence-corrected chi connectivity index (χ3v) is 9.45. The van der Waals surface area contributed by atoms with Crippen molar-refractivity contribution in [3.63, 3.8) is 0 Å². The second-order valence-electron chi connectivity index (χ2n) is 11.4. The Bertz CT molecular complexity index is 1220. The van der Waals surface area contributed by atoms with Crippen molar-refractivity contribution in [3.05, 3.63) is 76.6 Å². The molecule has 2 aromatic rings. The molecule has 6 heteroatoms. The van der Waals surface area contributed by atoms with Gasteiger partial charge in [-0.15, -0.1) is 0 Å². The summed E-state index contributed by atoms with van der Waals surface area (Å²) in [5.41, 5.74) is 3.06. The number of hydrogen-bond donors (Lipinski definition) is 1. The zero-order valence-corrected chi connectivity index (χ0v) is 22.5. The molecule has 0 bridgehead atoms. The minimum Gasteiger partial charge on any atom is -0.346 e. The van der Waals surface area contributed by atoms with E-state index in [4.69, 9.17) is 16.2 Å². The number of carbonyl (C=O) groups excluding carboxylic acids is 1. The quantitative estimate of drug-likeness (QED) is 0.454. The molecule has 0 saturated carbocycles. The van der Waals surface area contributed by atoms with Crippen molar-refractivity contribution in [1.29, 1.82) is 0 Å². The van der Waals surface area contributed by atoms with Gasteiger partial charge < -0.3 is 5.32 Å². The summed E-state index contributed by atoms with van der Waals surface area (Å²) in [6.45, 7) is 11.2. The predicted octanol–water partition coefficient (Wildman–Crippen LogP) is 7.00. The lowest BCUT2D eigenvalue weighted by Crippen LogP contribution is -2.59. The molecule has 0 aliphatic heterocycles. The molecular weight excluding hydrogens is 470 g/mol. The largest absolute Gasteiger partial charge is 0.346 e. The summed E-state index contributed by atoms with van der Waals surface area (Å²) in [5, 5.41) is 13.1. The predicted molar refractivity (Wildman–Crippen MR) is 143 cm³/mol. The van der Waals surface area contributed by atoms with Crippen LogP contribution in [0.3, 0.4) is 0 Å². The Morgan fingerprint density at radius 3 is 2.61 bits per heavy atom. The first-order chi connectivity index (χ1) is 17.2. The number of amides is 1. The molecule has 1 N–H and O–H groups in total. The maximum atomic E-state index is 13.3. The van der Waals surface area contributed by atoms with Crippen molar-refractivity contribution in [1.82, 2.24) is 15.6 Å². The Kier molecular flexibility index (Phi) is 6.71. The summed E-state index contributed by atoms with van der Waals surface area (Å²) in [6.07, 6.45) is 10.9. The summed E-state index contributed by atoms with van der Waals surface area (Å²) in [7, 11) is 0. The Labute approximate surface area is 219 Å². The van der Waals surface area contributed by atoms with Crippen LogP contribution in [0.5, 0.6) is 0 Å². The lowest BCUT2D eigenvalue weighted by Gasteiger charge is -2.49. The molecule has 1 amide bonds. The number of nitrogens with zero attached hydrogens (tertiary/aromatic N) is 2. The van der Waals surface area contributed by atoms with Gasteiger partial charge in [0.2, 0.25) is 0 Å². The van der Waals surface area contributed by atoms with Crippen LogP contribution in [0.25, 0.3) is 5.57 Å². The van der Waals surface area contributed by atoms with Crippen LogP contribution in [-0.2, 0) is 0 Å². The van der Waals surface area contributed by atoms with Crippen molar-refractivity contribution in [3.8, 4) is 0 Å². The highest BCUT2D eigenvalue weighted by Crippen LogP contribution is 2.52. The van der Waals surface area contributed by atoms with Gasteiger partial charge in [-0.1, -0.05) is 87.0 Å². The monoisotopic (exact) mass is 505 g/mol. The first-order valence-electron chi connectivity index (χ1n) is 13.2. The van der Waals surface area contributed by atoms with Crippen LogP contribution in [-0.4, -0.2) is 21.8 Å². The topological polar surface area (TPSA) is 68.0 Å². The Hall–Kier alpha value is -2.66. The Morgan fingerprint density at radius 2 is 1.86 bits per heavy atom. The second-order valence-corrected chi connectivity index (χ2v) is 11.9. The van der Waals surface area contributed by atoms with E-state index in [9.17, 15) is 4.79 Å². The molecule has 8 atom stereocenters. The van der Waals surface area contributed by atoms with Crippen molar-refractivity contribution in [2.45, 2.75) is 58.9 Å². The molecule has 0 spiro atoms. The number of benzene rings is 1. The molecule has 3 aliphatic rings. The van der Waals surface area contributed by atoms with Crippen molar-refractivity contribution >= 4 is 23.1 Å². The number of aromatic nitrogens is 2. The van der Waals surface area contributed by atoms with E-state index in [1.807, 2.05) is 30.3 Å². The van der Waals surface area contributed by atoms with Gasteiger partial charge in [0.05, 0.1) is 0 Å². The Balaban J connectivity index is 1.54. The van der Waals surface area contributed by atoms with Gasteiger partial charge in [0.25, 0.3) is 5.91 Å². The van der Waals surface area contributed by atoms with Gasteiger partial charge in [0, 0.05) is 33.9 Å². The Morgan fingerprint density at radius 1 is 1.11 bits per heavy atom. The minimum atomic E-state index is -0.529. The molecule has 0 fully saturated rings. The molecule has 1 heterocycles. The average Bonchev–Trinajstić information content (AvgIpc) is 3.33. The third-order valence-electron chi connectivity index (χ3n) is 9.17. The van der Waals surface area contributed by atoms with Gasteiger partial charge in [0.15, 0.2) is 0 Å². The second kappa shape index (κ2) is 9.66. The van der Waals surface area contributed by atoms with Crippen molar-refractivity contribution < 1.29 is 9.42 Å². The summed E-state index contributed by atoms with van der Waals surface area (Å²) in [4.78, 5) is 13.3. The molecule has 190 valence electrons. The van der Waals surface area contributed by atoms with E-state index in [0.29, 0.717) is 17.4 Å². The first-order valence-corrected chi connectivity index (χ1v) is 13.5. The summed E-state index contributed by atoms with van der Waals surface area (Å²) in [6, 6.07) is 9.40. The zero-order valence-electron chi connectivity index (χ0n) is 21.7. The van der Waals surface area contributed by atoms with E-state index in [0.717, 1.165) is 29.3 Å². The van der Waals surface area contributed by atoms with Gasteiger partial charge in [-0.2, -0.15) is 0 Å². The van der Waals surface area contributed by atoms with Crippen LogP contribution in [0.4, 0.5) is 0 Å². The van der Waals surface area contributed by atoms with Crippen LogP contribution in [0, 0.1) is 35.5 Å². The van der Waals surface area contributed by atoms with Gasteiger partial charge in [-0.3, -0.25) is 4.79 Å². The van der Waals surface area contributed by atoms with E-state index in [1.165, 1.54) is 5.57 Å². The fourth-order valence-corrected chi connectivity index (χ4v) is 6.89. The lowest BCUT2D eigenvalue weighted by molar-refractivity contribution is 0.0770. The van der Waals surface area contributed by atoms with Gasteiger partial charge in [-0.25, -0.2) is 4.63 Å². The number of rotatable bonds is 4. The maximum Gasteiger partial charge on any atom is 0.251 e. The molecule has 3 aliphatic carbocycles. The average molecular weight is 506 g/mol. The van der Waals surface area contributed by atoms with Crippen LogP contribution in [0.1, 0.15) is 75.1 Å². The number of halogens is 1. The smallest absolute Gasteiger partial charge is 0.251 e. The highest BCUT2D eigenvalue weighted by molar-refractivity contribution is 6.29. The van der Waals surface area contributed by atoms with Gasteiger partial charge in [0.1, 0.15) is 11.4 Å². The number of fused-ring (bicyclic) bond motifs is 1. The summed E-state index contributed by atoms with van der Waals surface area (Å²) >= 11 is 6.70. The van der Waals surface area contributed by atoms with Crippen LogP contribution >= 0.6 is 11.6 Å². The maximum absolute atomic E-state index is 13.3. The van der Waals surface area contributed by atoms with Crippen LogP contribution < -0.4 is 5.32 Å². The van der Waals surface area contributed by atoms with Crippen LogP contribution in [0.2, 0.25) is 0 Å². The minimum absolute atomic E-state index is 0.0205. The fourth-order valence-electron chi connectivity index (χ4n) is 6.52. The van der Waals surface area contributed by atoms with Gasteiger partial charge in [-0.05, 0) is 66.3 Å². The van der Waals surface area contributed by atoms with E-state index in [1.54, 1.807) is 0 Å². The van der Waals surface area contributed by atoms with Crippen molar-refractivity contribution in [2.24, 2.45) is 35.5 Å². The highest BCUT2D eigenvalue weighted by atomic mass is 35.5. The summed E-state index contributed by atoms with van der Waals surface area (Å²) in [5.74, 6) is 1.54. The molecule has 36 heavy (non-hydrogen) atoms. The molecule has 0 radical (unpaired) electrons. The SMILES string of the molecule is CC1C=C(C2C=CCC(C)C2C)c2nonc2C1C1C=C(Cl)CC(C)C1(C)NC(=O)c1ccccc1. The van der Waals surface area contributed by atoms with Crippen LogP contribution in [0.15, 0.2) is 64.3 Å². The van der Waals surface area contributed by atoms with Crippen molar-refractivity contribution in [2.75, 3.05) is 0 Å². The molecule has 1 aromatic carbocycles. The highest BCUT2D eigenvalue weighted by Gasteiger charge is 2.50. The van der Waals surface area contributed by atoms with E-state index >= 15 is 0 Å². The number of allylic oxidation sites excluding steroid dienone is 5. The fraction of sp³-hybridized carbons (Fsp3) is 0.500. The van der Waals surface area contributed by atoms with E-state index in [-0.39, 0.29) is 35.5 Å². The molecule has 0 saturated heterocycles. The first kappa shape index (κ1) is 25.0. The molecular formula is C30H36ClN3O2. The normalized spacial score (nSPS) is 36.0. The zero-order chi connectivity index (χ0) is 25.6. The summed E-state index contributed by atoms with van der Waals surface area (Å²) < 4.78 is 5.39. The third kappa shape index (κ3) is 4.26. The molecule has 8 unspecified atom stereocenters. The number of nitrogens with one attached hydrogen (secondary N) is 1.